The zero-order chi connectivity index (χ0) is 17.1. The van der Waals surface area contributed by atoms with E-state index in [1.807, 2.05) is 19.1 Å². The molecule has 5 nitrogen and oxygen atoms in total. The number of rotatable bonds is 4. The zero-order valence-corrected chi connectivity index (χ0v) is 13.1. The number of para-hydroxylation sites is 1. The lowest BCUT2D eigenvalue weighted by atomic mass is 10.0. The number of hydrogen-bond acceptors (Lipinski definition) is 5. The van der Waals surface area contributed by atoms with Crippen molar-refractivity contribution in [3.63, 3.8) is 0 Å². The molecule has 0 unspecified atom stereocenters. The zero-order valence-electron chi connectivity index (χ0n) is 13.1. The summed E-state index contributed by atoms with van der Waals surface area (Å²) >= 11 is 0. The summed E-state index contributed by atoms with van der Waals surface area (Å²) < 4.78 is 10.8. The summed E-state index contributed by atoms with van der Waals surface area (Å²) in [6, 6.07) is 14.0. The molecule has 0 spiro atoms. The van der Waals surface area contributed by atoms with E-state index in [4.69, 9.17) is 14.3 Å². The van der Waals surface area contributed by atoms with Gasteiger partial charge in [0.25, 0.3) is 0 Å². The van der Waals surface area contributed by atoms with E-state index in [0.29, 0.717) is 16.5 Å². The van der Waals surface area contributed by atoms with Crippen molar-refractivity contribution in [2.24, 2.45) is 0 Å². The van der Waals surface area contributed by atoms with Gasteiger partial charge in [-0.05, 0) is 19.1 Å². The minimum Gasteiger partial charge on any atom is -0.459 e. The molecule has 0 saturated heterocycles. The summed E-state index contributed by atoms with van der Waals surface area (Å²) in [5, 5.41) is 9.15. The van der Waals surface area contributed by atoms with Gasteiger partial charge in [-0.25, -0.2) is 4.79 Å². The maximum atomic E-state index is 12.8. The maximum Gasteiger partial charge on any atom is 0.346 e. The van der Waals surface area contributed by atoms with E-state index in [1.165, 1.54) is 0 Å². The fraction of sp³-hybridized carbons (Fsp3) is 0.158. The summed E-state index contributed by atoms with van der Waals surface area (Å²) in [6.07, 6.45) is 0. The van der Waals surface area contributed by atoms with Gasteiger partial charge in [-0.3, -0.25) is 4.79 Å². The topological polar surface area (TPSA) is 76.7 Å². The SMILES string of the molecule is Cc1ccc(-c2oc3ccccc3c(=O)c2C(=O)OCCO)cc1. The molecule has 0 fully saturated rings. The average Bonchev–Trinajstić information content (AvgIpc) is 2.60. The fourth-order valence-electron chi connectivity index (χ4n) is 2.45. The second kappa shape index (κ2) is 6.68. The lowest BCUT2D eigenvalue weighted by Gasteiger charge is -2.10. The van der Waals surface area contributed by atoms with Crippen molar-refractivity contribution in [3.05, 3.63) is 69.9 Å². The van der Waals surface area contributed by atoms with Crippen molar-refractivity contribution >= 4 is 16.9 Å². The number of carbonyl (C=O) groups is 1. The van der Waals surface area contributed by atoms with Gasteiger partial charge in [-0.1, -0.05) is 42.0 Å². The third kappa shape index (κ3) is 2.94. The van der Waals surface area contributed by atoms with Crippen molar-refractivity contribution in [3.8, 4) is 11.3 Å². The van der Waals surface area contributed by atoms with Crippen LogP contribution in [0.2, 0.25) is 0 Å². The molecule has 3 rings (SSSR count). The molecule has 0 aliphatic heterocycles. The van der Waals surface area contributed by atoms with Crippen LogP contribution in [0.15, 0.2) is 57.7 Å². The first-order chi connectivity index (χ1) is 11.6. The number of aliphatic hydroxyl groups is 1. The Bertz CT molecular complexity index is 938. The number of carbonyl (C=O) groups excluding carboxylic acids is 1. The highest BCUT2D eigenvalue weighted by atomic mass is 16.5. The van der Waals surface area contributed by atoms with Crippen LogP contribution in [0.4, 0.5) is 0 Å². The van der Waals surface area contributed by atoms with Gasteiger partial charge in [0.2, 0.25) is 5.43 Å². The van der Waals surface area contributed by atoms with Gasteiger partial charge in [0.1, 0.15) is 12.2 Å². The largest absolute Gasteiger partial charge is 0.459 e. The second-order valence-electron chi connectivity index (χ2n) is 5.36. The lowest BCUT2D eigenvalue weighted by Crippen LogP contribution is -2.20. The van der Waals surface area contributed by atoms with Crippen LogP contribution < -0.4 is 5.43 Å². The molecule has 0 bridgehead atoms. The Morgan fingerprint density at radius 2 is 1.83 bits per heavy atom. The number of esters is 1. The molecule has 1 N–H and O–H groups in total. The van der Waals surface area contributed by atoms with Crippen LogP contribution >= 0.6 is 0 Å². The van der Waals surface area contributed by atoms with Gasteiger partial charge < -0.3 is 14.3 Å². The summed E-state index contributed by atoms with van der Waals surface area (Å²) in [4.78, 5) is 25.1. The summed E-state index contributed by atoms with van der Waals surface area (Å²) in [7, 11) is 0. The Labute approximate surface area is 138 Å². The maximum absolute atomic E-state index is 12.8. The number of aliphatic hydroxyl groups excluding tert-OH is 1. The van der Waals surface area contributed by atoms with Gasteiger partial charge in [-0.2, -0.15) is 0 Å². The van der Waals surface area contributed by atoms with Crippen LogP contribution in [0.5, 0.6) is 0 Å². The Morgan fingerprint density at radius 3 is 2.54 bits per heavy atom. The first-order valence-corrected chi connectivity index (χ1v) is 7.52. The number of benzene rings is 2. The third-order valence-corrected chi connectivity index (χ3v) is 3.64. The summed E-state index contributed by atoms with van der Waals surface area (Å²) in [5.74, 6) is -0.638. The highest BCUT2D eigenvalue weighted by Gasteiger charge is 2.23. The van der Waals surface area contributed by atoms with E-state index < -0.39 is 11.4 Å². The molecule has 122 valence electrons. The van der Waals surface area contributed by atoms with Gasteiger partial charge in [0.15, 0.2) is 11.3 Å². The minimum atomic E-state index is -0.806. The molecule has 24 heavy (non-hydrogen) atoms. The van der Waals surface area contributed by atoms with E-state index in [-0.39, 0.29) is 24.5 Å². The fourth-order valence-corrected chi connectivity index (χ4v) is 2.45. The minimum absolute atomic E-state index is 0.161. The molecule has 1 aromatic heterocycles. The molecular weight excluding hydrogens is 308 g/mol. The summed E-state index contributed by atoms with van der Waals surface area (Å²) in [6.45, 7) is 1.44. The molecule has 2 aromatic carbocycles. The lowest BCUT2D eigenvalue weighted by molar-refractivity contribution is 0.0431. The molecule has 0 amide bonds. The van der Waals surface area contributed by atoms with Crippen molar-refractivity contribution in [1.29, 1.82) is 0 Å². The number of ether oxygens (including phenoxy) is 1. The normalized spacial score (nSPS) is 10.8. The van der Waals surface area contributed by atoms with Crippen molar-refractivity contribution < 1.29 is 19.1 Å². The van der Waals surface area contributed by atoms with Crippen molar-refractivity contribution in [2.75, 3.05) is 13.2 Å². The molecule has 5 heteroatoms. The highest BCUT2D eigenvalue weighted by molar-refractivity contribution is 5.99. The standard InChI is InChI=1S/C19H16O5/c1-12-6-8-13(9-7-12)18-16(19(22)23-11-10-20)17(21)14-4-2-3-5-15(14)24-18/h2-9,20H,10-11H2,1H3. The number of hydrogen-bond donors (Lipinski definition) is 1. The van der Waals surface area contributed by atoms with Gasteiger partial charge in [-0.15, -0.1) is 0 Å². The van der Waals surface area contributed by atoms with Gasteiger partial charge in [0, 0.05) is 5.56 Å². The molecule has 1 heterocycles. The molecule has 0 aliphatic rings. The Morgan fingerprint density at radius 1 is 1.12 bits per heavy atom. The quantitative estimate of drug-likeness (QED) is 0.747. The Kier molecular flexibility index (Phi) is 4.44. The van der Waals surface area contributed by atoms with Gasteiger partial charge in [0.05, 0.1) is 12.0 Å². The molecular formula is C19H16O5. The molecule has 0 radical (unpaired) electrons. The van der Waals surface area contributed by atoms with Gasteiger partial charge >= 0.3 is 5.97 Å². The van der Waals surface area contributed by atoms with Crippen LogP contribution in [0.25, 0.3) is 22.3 Å². The first-order valence-electron chi connectivity index (χ1n) is 7.52. The van der Waals surface area contributed by atoms with Crippen LogP contribution in [0.1, 0.15) is 15.9 Å². The smallest absolute Gasteiger partial charge is 0.346 e. The third-order valence-electron chi connectivity index (χ3n) is 3.64. The number of aryl methyl sites for hydroxylation is 1. The monoisotopic (exact) mass is 324 g/mol. The van der Waals surface area contributed by atoms with Crippen molar-refractivity contribution in [2.45, 2.75) is 6.92 Å². The Hall–Kier alpha value is -2.92. The Balaban J connectivity index is 2.27. The number of fused-ring (bicyclic) bond motifs is 1. The van der Waals surface area contributed by atoms with E-state index in [9.17, 15) is 9.59 Å². The molecule has 0 atom stereocenters. The predicted molar refractivity (Wildman–Crippen MR) is 90.0 cm³/mol. The second-order valence-corrected chi connectivity index (χ2v) is 5.36. The van der Waals surface area contributed by atoms with Crippen LogP contribution in [0.3, 0.4) is 0 Å². The average molecular weight is 324 g/mol. The predicted octanol–water partition coefficient (Wildman–Crippen LogP) is 2.92. The van der Waals surface area contributed by atoms with Crippen LogP contribution in [-0.4, -0.2) is 24.3 Å². The first kappa shape index (κ1) is 16.0. The van der Waals surface area contributed by atoms with E-state index in [0.717, 1.165) is 5.56 Å². The van der Waals surface area contributed by atoms with E-state index in [1.54, 1.807) is 36.4 Å². The summed E-state index contributed by atoms with van der Waals surface area (Å²) in [5.41, 5.74) is 1.45. The highest BCUT2D eigenvalue weighted by Crippen LogP contribution is 2.26. The van der Waals surface area contributed by atoms with Crippen molar-refractivity contribution in [1.82, 2.24) is 0 Å². The van der Waals surface area contributed by atoms with Crippen LogP contribution in [-0.2, 0) is 4.74 Å². The molecule has 0 saturated carbocycles. The molecule has 0 aliphatic carbocycles. The van der Waals surface area contributed by atoms with E-state index >= 15 is 0 Å². The molecule has 3 aromatic rings. The van der Waals surface area contributed by atoms with Crippen LogP contribution in [0, 0.1) is 6.92 Å². The van der Waals surface area contributed by atoms with E-state index in [2.05, 4.69) is 0 Å².